The number of amides is 1. The summed E-state index contributed by atoms with van der Waals surface area (Å²) in [6.07, 6.45) is -1.81. The summed E-state index contributed by atoms with van der Waals surface area (Å²) >= 11 is 0. The van der Waals surface area contributed by atoms with Crippen molar-refractivity contribution in [1.29, 1.82) is 0 Å². The van der Waals surface area contributed by atoms with Crippen LogP contribution in [-0.4, -0.2) is 59.8 Å². The highest BCUT2D eigenvalue weighted by Gasteiger charge is 2.41. The molecular weight excluding hydrogens is 335 g/mol. The zero-order chi connectivity index (χ0) is 18.0. The molecule has 0 aromatic carbocycles. The molecule has 5 nitrogen and oxygen atoms in total. The molecule has 1 unspecified atom stereocenters. The second-order valence-corrected chi connectivity index (χ2v) is 7.20. The Labute approximate surface area is 145 Å². The lowest BCUT2D eigenvalue weighted by Crippen LogP contribution is -2.46. The third-order valence-electron chi connectivity index (χ3n) is 5.22. The number of likely N-dealkylation sites (tertiary alicyclic amines) is 2. The second-order valence-electron chi connectivity index (χ2n) is 7.20. The molecule has 0 spiro atoms. The van der Waals surface area contributed by atoms with Gasteiger partial charge in [0.25, 0.3) is 5.91 Å². The maximum atomic E-state index is 12.8. The fourth-order valence-corrected chi connectivity index (χ4v) is 3.84. The topological polar surface area (TPSA) is 49.6 Å². The molecule has 0 bridgehead atoms. The molecule has 2 aliphatic rings. The van der Waals surface area contributed by atoms with Crippen LogP contribution in [0, 0.1) is 18.8 Å². The molecule has 0 N–H and O–H groups in total. The van der Waals surface area contributed by atoms with E-state index in [4.69, 9.17) is 4.52 Å². The van der Waals surface area contributed by atoms with E-state index < -0.39 is 12.1 Å². The first-order valence-corrected chi connectivity index (χ1v) is 8.84. The highest BCUT2D eigenvalue weighted by Crippen LogP contribution is 2.34. The van der Waals surface area contributed by atoms with Crippen LogP contribution in [0.25, 0.3) is 0 Å². The Morgan fingerprint density at radius 1 is 1.28 bits per heavy atom. The largest absolute Gasteiger partial charge is 0.391 e. The van der Waals surface area contributed by atoms with Crippen LogP contribution in [0.3, 0.4) is 0 Å². The van der Waals surface area contributed by atoms with Crippen molar-refractivity contribution in [1.82, 2.24) is 15.0 Å². The number of hydrogen-bond acceptors (Lipinski definition) is 4. The van der Waals surface area contributed by atoms with E-state index in [1.807, 2.05) is 0 Å². The van der Waals surface area contributed by atoms with Crippen molar-refractivity contribution in [3.05, 3.63) is 17.5 Å². The number of aromatic nitrogens is 1. The molecule has 2 fully saturated rings. The minimum absolute atomic E-state index is 0.127. The van der Waals surface area contributed by atoms with E-state index >= 15 is 0 Å². The van der Waals surface area contributed by atoms with Crippen LogP contribution in [-0.2, 0) is 0 Å². The molecule has 2 aliphatic heterocycles. The van der Waals surface area contributed by atoms with Gasteiger partial charge in [0.1, 0.15) is 5.76 Å². The number of carbonyl (C=O) groups is 1. The van der Waals surface area contributed by atoms with Crippen molar-refractivity contribution in [3.8, 4) is 0 Å². The van der Waals surface area contributed by atoms with E-state index in [0.29, 0.717) is 43.6 Å². The quantitative estimate of drug-likeness (QED) is 0.832. The van der Waals surface area contributed by atoms with Crippen LogP contribution in [0.2, 0.25) is 0 Å². The lowest BCUT2D eigenvalue weighted by molar-refractivity contribution is -0.185. The molecule has 3 rings (SSSR count). The first-order valence-electron chi connectivity index (χ1n) is 8.84. The molecular formula is C17H24F3N3O2. The molecule has 1 atom stereocenters. The number of alkyl halides is 3. The molecule has 0 radical (unpaired) electrons. The standard InChI is InChI=1S/C17H24F3N3O2/c1-12-9-15(21-25-12)16(24)23-6-2-3-13(11-23)10-22-7-4-14(5-8-22)17(18,19)20/h9,13-14H,2-8,10-11H2,1H3. The fourth-order valence-electron chi connectivity index (χ4n) is 3.84. The second kappa shape index (κ2) is 7.35. The minimum Gasteiger partial charge on any atom is -0.361 e. The van der Waals surface area contributed by atoms with Crippen LogP contribution in [0.1, 0.15) is 41.9 Å². The summed E-state index contributed by atoms with van der Waals surface area (Å²) in [4.78, 5) is 16.4. The molecule has 8 heteroatoms. The first-order chi connectivity index (χ1) is 11.8. The Morgan fingerprint density at radius 3 is 2.60 bits per heavy atom. The average molecular weight is 359 g/mol. The van der Waals surface area contributed by atoms with Crippen LogP contribution in [0.5, 0.6) is 0 Å². The van der Waals surface area contributed by atoms with Crippen LogP contribution < -0.4 is 0 Å². The number of piperidine rings is 2. The van der Waals surface area contributed by atoms with E-state index in [9.17, 15) is 18.0 Å². The highest BCUT2D eigenvalue weighted by atomic mass is 19.4. The average Bonchev–Trinajstić information content (AvgIpc) is 3.00. The van der Waals surface area contributed by atoms with Gasteiger partial charge in [-0.1, -0.05) is 5.16 Å². The van der Waals surface area contributed by atoms with Crippen LogP contribution in [0.15, 0.2) is 10.6 Å². The summed E-state index contributed by atoms with van der Waals surface area (Å²) in [7, 11) is 0. The summed E-state index contributed by atoms with van der Waals surface area (Å²) in [6, 6.07) is 1.63. The summed E-state index contributed by atoms with van der Waals surface area (Å²) in [5.74, 6) is -0.390. The van der Waals surface area contributed by atoms with Crippen molar-refractivity contribution in [2.75, 3.05) is 32.7 Å². The lowest BCUT2D eigenvalue weighted by Gasteiger charge is -2.38. The number of nitrogens with zero attached hydrogens (tertiary/aromatic N) is 3. The van der Waals surface area contributed by atoms with Gasteiger partial charge in [0.15, 0.2) is 5.69 Å². The van der Waals surface area contributed by atoms with Crippen LogP contribution >= 0.6 is 0 Å². The predicted octanol–water partition coefficient (Wildman–Crippen LogP) is 3.11. The van der Waals surface area contributed by atoms with Crippen molar-refractivity contribution < 1.29 is 22.5 Å². The zero-order valence-electron chi connectivity index (χ0n) is 14.4. The third-order valence-corrected chi connectivity index (χ3v) is 5.22. The van der Waals surface area contributed by atoms with Gasteiger partial charge in [0, 0.05) is 25.7 Å². The maximum Gasteiger partial charge on any atom is 0.391 e. The number of carbonyl (C=O) groups excluding carboxylic acids is 1. The molecule has 140 valence electrons. The van der Waals surface area contributed by atoms with Gasteiger partial charge in [0.2, 0.25) is 0 Å². The zero-order valence-corrected chi connectivity index (χ0v) is 14.4. The van der Waals surface area contributed by atoms with E-state index in [1.165, 1.54) is 0 Å². The van der Waals surface area contributed by atoms with Gasteiger partial charge in [-0.2, -0.15) is 13.2 Å². The highest BCUT2D eigenvalue weighted by molar-refractivity contribution is 5.92. The Balaban J connectivity index is 1.50. The summed E-state index contributed by atoms with van der Waals surface area (Å²) in [6.45, 7) is 4.79. The van der Waals surface area contributed by atoms with E-state index in [1.54, 1.807) is 17.9 Å². The molecule has 25 heavy (non-hydrogen) atoms. The molecule has 3 heterocycles. The van der Waals surface area contributed by atoms with Gasteiger partial charge in [0.05, 0.1) is 5.92 Å². The Bertz CT molecular complexity index is 594. The normalized spacial score (nSPS) is 23.8. The van der Waals surface area contributed by atoms with E-state index in [0.717, 1.165) is 19.4 Å². The van der Waals surface area contributed by atoms with Gasteiger partial charge < -0.3 is 14.3 Å². The number of rotatable bonds is 3. The SMILES string of the molecule is Cc1cc(C(=O)N2CCCC(CN3CCC(C(F)(F)F)CC3)C2)no1. The van der Waals surface area contributed by atoms with Gasteiger partial charge in [-0.25, -0.2) is 0 Å². The fraction of sp³-hybridized carbons (Fsp3) is 0.765. The first kappa shape index (κ1) is 18.2. The van der Waals surface area contributed by atoms with E-state index in [-0.39, 0.29) is 18.7 Å². The minimum atomic E-state index is -4.07. The Kier molecular flexibility index (Phi) is 5.36. The van der Waals surface area contributed by atoms with Crippen molar-refractivity contribution in [2.24, 2.45) is 11.8 Å². The van der Waals surface area contributed by atoms with Crippen molar-refractivity contribution >= 4 is 5.91 Å². The lowest BCUT2D eigenvalue weighted by atomic mass is 9.93. The summed E-state index contributed by atoms with van der Waals surface area (Å²) < 4.78 is 43.2. The number of aryl methyl sites for hydroxylation is 1. The van der Waals surface area contributed by atoms with Crippen molar-refractivity contribution in [3.63, 3.8) is 0 Å². The van der Waals surface area contributed by atoms with Crippen molar-refractivity contribution in [2.45, 2.75) is 38.8 Å². The van der Waals surface area contributed by atoms with E-state index in [2.05, 4.69) is 10.1 Å². The van der Waals surface area contributed by atoms with Crippen LogP contribution in [0.4, 0.5) is 13.2 Å². The van der Waals surface area contributed by atoms with Gasteiger partial charge in [-0.05, 0) is 51.6 Å². The van der Waals surface area contributed by atoms with Gasteiger partial charge >= 0.3 is 6.18 Å². The summed E-state index contributed by atoms with van der Waals surface area (Å²) in [5, 5.41) is 3.78. The third kappa shape index (κ3) is 4.54. The molecule has 1 amide bonds. The predicted molar refractivity (Wildman–Crippen MR) is 85.1 cm³/mol. The number of halogens is 3. The molecule has 2 saturated heterocycles. The number of hydrogen-bond donors (Lipinski definition) is 0. The smallest absolute Gasteiger partial charge is 0.361 e. The monoisotopic (exact) mass is 359 g/mol. The Hall–Kier alpha value is -1.57. The molecule has 1 aromatic heterocycles. The van der Waals surface area contributed by atoms with Gasteiger partial charge in [-0.15, -0.1) is 0 Å². The molecule has 0 saturated carbocycles. The Morgan fingerprint density at radius 2 is 2.00 bits per heavy atom. The maximum absolute atomic E-state index is 12.8. The van der Waals surface area contributed by atoms with Gasteiger partial charge in [-0.3, -0.25) is 4.79 Å². The molecule has 0 aliphatic carbocycles. The molecule has 1 aromatic rings. The summed E-state index contributed by atoms with van der Waals surface area (Å²) in [5.41, 5.74) is 0.323.